The summed E-state index contributed by atoms with van der Waals surface area (Å²) < 4.78 is 19.2. The van der Waals surface area contributed by atoms with Crippen molar-refractivity contribution in [3.63, 3.8) is 0 Å². The van der Waals surface area contributed by atoms with Crippen molar-refractivity contribution in [1.29, 1.82) is 0 Å². The predicted octanol–water partition coefficient (Wildman–Crippen LogP) is 3.65. The van der Waals surface area contributed by atoms with Gasteiger partial charge in [0.2, 0.25) is 0 Å². The van der Waals surface area contributed by atoms with Crippen molar-refractivity contribution < 1.29 is 23.8 Å². The number of hydrogen-bond donors (Lipinski definition) is 2. The van der Waals surface area contributed by atoms with E-state index in [-0.39, 0.29) is 23.4 Å². The number of carboxylic acid groups (broad SMARTS) is 1. The number of carboxylic acids is 1. The largest absolute Gasteiger partial charge is 0.487 e. The number of halogens is 2. The van der Waals surface area contributed by atoms with E-state index in [9.17, 15) is 14.0 Å². The van der Waals surface area contributed by atoms with E-state index in [1.165, 1.54) is 30.6 Å². The summed E-state index contributed by atoms with van der Waals surface area (Å²) in [4.78, 5) is 34.8. The number of amides is 1. The molecule has 1 aliphatic heterocycles. The van der Waals surface area contributed by atoms with Gasteiger partial charge in [-0.25, -0.2) is 14.2 Å². The van der Waals surface area contributed by atoms with E-state index < -0.39 is 11.5 Å². The number of pyridine rings is 2. The third kappa shape index (κ3) is 4.38. The molecule has 1 aliphatic carbocycles. The molecular formula is C24H20ClFN4O4. The highest BCUT2D eigenvalue weighted by Gasteiger charge is 2.47. The molecule has 2 N–H and O–H groups in total. The van der Waals surface area contributed by atoms with Gasteiger partial charge in [-0.2, -0.15) is 0 Å². The number of nitrogens with zero attached hydrogens (tertiary/aromatic N) is 3. The van der Waals surface area contributed by atoms with Crippen molar-refractivity contribution in [3.05, 3.63) is 82.5 Å². The fourth-order valence-corrected chi connectivity index (χ4v) is 4.09. The van der Waals surface area contributed by atoms with Crippen molar-refractivity contribution in [1.82, 2.24) is 15.3 Å². The van der Waals surface area contributed by atoms with Crippen LogP contribution in [0.5, 0.6) is 5.75 Å². The molecule has 1 saturated carbocycles. The Morgan fingerprint density at radius 2 is 1.94 bits per heavy atom. The first-order valence-electron chi connectivity index (χ1n) is 10.7. The molecule has 2 fully saturated rings. The van der Waals surface area contributed by atoms with Crippen LogP contribution in [-0.2, 0) is 5.54 Å². The second-order valence-electron chi connectivity index (χ2n) is 8.40. The molecule has 0 radical (unpaired) electrons. The van der Waals surface area contributed by atoms with Gasteiger partial charge in [0.25, 0.3) is 5.91 Å². The quantitative estimate of drug-likeness (QED) is 0.529. The number of rotatable bonds is 7. The van der Waals surface area contributed by atoms with Crippen molar-refractivity contribution in [3.8, 4) is 5.75 Å². The fourth-order valence-electron chi connectivity index (χ4n) is 3.93. The molecule has 1 saturated heterocycles. The Morgan fingerprint density at radius 3 is 2.59 bits per heavy atom. The first-order valence-corrected chi connectivity index (χ1v) is 11.1. The Kier molecular flexibility index (Phi) is 5.57. The van der Waals surface area contributed by atoms with Crippen LogP contribution in [0.15, 0.2) is 54.9 Å². The molecule has 5 rings (SSSR count). The standard InChI is InChI=1S/C24H20ClFN4O4/c25-15-8-19(22(31)29-24(6-7-24)20-5-4-14(10-27-20)23(32)33)21(28-11-15)30-12-18(13-30)34-17-3-1-2-16(26)9-17/h1-5,8-11,18H,6-7,12-13H2,(H,29,31)(H,32,33). The zero-order valence-electron chi connectivity index (χ0n) is 17.9. The first-order chi connectivity index (χ1) is 16.3. The second-order valence-corrected chi connectivity index (χ2v) is 8.84. The van der Waals surface area contributed by atoms with Gasteiger partial charge in [0.05, 0.1) is 40.5 Å². The van der Waals surface area contributed by atoms with Crippen molar-refractivity contribution >= 4 is 29.3 Å². The van der Waals surface area contributed by atoms with Gasteiger partial charge in [-0.1, -0.05) is 17.7 Å². The molecule has 0 unspecified atom stereocenters. The number of carbonyl (C=O) groups excluding carboxylic acids is 1. The Hall–Kier alpha value is -3.72. The molecule has 0 spiro atoms. The van der Waals surface area contributed by atoms with Gasteiger partial charge >= 0.3 is 5.97 Å². The lowest BCUT2D eigenvalue weighted by Gasteiger charge is -2.40. The Balaban J connectivity index is 1.29. The first kappa shape index (κ1) is 22.1. The van der Waals surface area contributed by atoms with Crippen LogP contribution in [0.4, 0.5) is 10.2 Å². The summed E-state index contributed by atoms with van der Waals surface area (Å²) in [5.41, 5.74) is 0.367. The molecule has 0 atom stereocenters. The number of anilines is 1. The zero-order chi connectivity index (χ0) is 23.9. The lowest BCUT2D eigenvalue weighted by Crippen LogP contribution is -2.55. The van der Waals surface area contributed by atoms with Gasteiger partial charge in [0, 0.05) is 18.5 Å². The lowest BCUT2D eigenvalue weighted by atomic mass is 10.1. The molecule has 34 heavy (non-hydrogen) atoms. The highest BCUT2D eigenvalue weighted by Crippen LogP contribution is 2.45. The number of aromatic carboxylic acids is 1. The fraction of sp³-hybridized carbons (Fsp3) is 0.250. The summed E-state index contributed by atoms with van der Waals surface area (Å²) in [5, 5.41) is 12.4. The summed E-state index contributed by atoms with van der Waals surface area (Å²) in [7, 11) is 0. The second kappa shape index (κ2) is 8.57. The number of carbonyl (C=O) groups is 2. The van der Waals surface area contributed by atoms with Gasteiger partial charge in [0.1, 0.15) is 23.5 Å². The molecule has 0 bridgehead atoms. The summed E-state index contributed by atoms with van der Waals surface area (Å²) in [6.07, 6.45) is 3.98. The molecule has 1 amide bonds. The Labute approximate surface area is 199 Å². The minimum Gasteiger partial charge on any atom is -0.487 e. The number of hydrogen-bond acceptors (Lipinski definition) is 6. The minimum atomic E-state index is -1.06. The highest BCUT2D eigenvalue weighted by molar-refractivity contribution is 6.31. The monoisotopic (exact) mass is 482 g/mol. The van der Waals surface area contributed by atoms with E-state index in [2.05, 4.69) is 15.3 Å². The van der Waals surface area contributed by atoms with Gasteiger partial charge in [-0.3, -0.25) is 9.78 Å². The maximum atomic E-state index is 13.4. The molecule has 3 aromatic rings. The number of aromatic nitrogens is 2. The van der Waals surface area contributed by atoms with E-state index in [4.69, 9.17) is 21.4 Å². The average Bonchev–Trinajstić information content (AvgIpc) is 3.57. The van der Waals surface area contributed by atoms with Crippen LogP contribution in [0.3, 0.4) is 0 Å². The van der Waals surface area contributed by atoms with Crippen LogP contribution in [0.1, 0.15) is 39.3 Å². The minimum absolute atomic E-state index is 0.0833. The highest BCUT2D eigenvalue weighted by atomic mass is 35.5. The summed E-state index contributed by atoms with van der Waals surface area (Å²) in [6, 6.07) is 10.6. The average molecular weight is 483 g/mol. The van der Waals surface area contributed by atoms with E-state index >= 15 is 0 Å². The third-order valence-electron chi connectivity index (χ3n) is 5.93. The molecule has 1 aromatic carbocycles. The van der Waals surface area contributed by atoms with Crippen LogP contribution in [0, 0.1) is 5.82 Å². The van der Waals surface area contributed by atoms with Gasteiger partial charge in [-0.05, 0) is 43.2 Å². The van der Waals surface area contributed by atoms with Crippen molar-refractivity contribution in [2.45, 2.75) is 24.5 Å². The van der Waals surface area contributed by atoms with Crippen LogP contribution in [-0.4, -0.2) is 46.1 Å². The molecule has 2 aromatic heterocycles. The van der Waals surface area contributed by atoms with Crippen molar-refractivity contribution in [2.24, 2.45) is 0 Å². The normalized spacial score (nSPS) is 16.5. The summed E-state index contributed by atoms with van der Waals surface area (Å²) >= 11 is 6.14. The Bertz CT molecular complexity index is 1260. The third-order valence-corrected chi connectivity index (χ3v) is 6.13. The molecule has 2 aliphatic rings. The van der Waals surface area contributed by atoms with Gasteiger partial charge in [-0.15, -0.1) is 0 Å². The van der Waals surface area contributed by atoms with Gasteiger partial charge < -0.3 is 20.1 Å². The van der Waals surface area contributed by atoms with Crippen LogP contribution in [0.25, 0.3) is 0 Å². The smallest absolute Gasteiger partial charge is 0.337 e. The van der Waals surface area contributed by atoms with E-state index in [1.807, 2.05) is 4.90 Å². The van der Waals surface area contributed by atoms with E-state index in [0.29, 0.717) is 53.8 Å². The molecule has 174 valence electrons. The summed E-state index contributed by atoms with van der Waals surface area (Å²) in [6.45, 7) is 0.962. The Morgan fingerprint density at radius 1 is 1.15 bits per heavy atom. The lowest BCUT2D eigenvalue weighted by molar-refractivity contribution is 0.0695. The molecule has 8 nitrogen and oxygen atoms in total. The summed E-state index contributed by atoms with van der Waals surface area (Å²) in [5.74, 6) is -0.847. The molecule has 10 heteroatoms. The molecular weight excluding hydrogens is 463 g/mol. The molecule has 3 heterocycles. The van der Waals surface area contributed by atoms with E-state index in [0.717, 1.165) is 0 Å². The zero-order valence-corrected chi connectivity index (χ0v) is 18.6. The van der Waals surface area contributed by atoms with Crippen LogP contribution < -0.4 is 15.0 Å². The maximum absolute atomic E-state index is 13.4. The van der Waals surface area contributed by atoms with Crippen LogP contribution in [0.2, 0.25) is 5.02 Å². The van der Waals surface area contributed by atoms with Gasteiger partial charge in [0.15, 0.2) is 0 Å². The van der Waals surface area contributed by atoms with Crippen LogP contribution >= 0.6 is 11.6 Å². The number of nitrogens with one attached hydrogen (secondary N) is 1. The SMILES string of the molecule is O=C(O)c1ccc(C2(NC(=O)c3cc(Cl)cnc3N3CC(Oc4cccc(F)c4)C3)CC2)nc1. The maximum Gasteiger partial charge on any atom is 0.337 e. The predicted molar refractivity (Wildman–Crippen MR) is 122 cm³/mol. The topological polar surface area (TPSA) is 105 Å². The van der Waals surface area contributed by atoms with Crippen molar-refractivity contribution in [2.75, 3.05) is 18.0 Å². The number of benzene rings is 1. The number of ether oxygens (including phenoxy) is 1. The van der Waals surface area contributed by atoms with E-state index in [1.54, 1.807) is 24.3 Å².